The van der Waals surface area contributed by atoms with Gasteiger partial charge in [0.2, 0.25) is 0 Å². The monoisotopic (exact) mass is 217 g/mol. The fraction of sp³-hybridized carbons (Fsp3) is 0.900. The normalized spacial score (nSPS) is 32.4. The molecule has 0 bridgehead atoms. The maximum absolute atomic E-state index is 5.82. The summed E-state index contributed by atoms with van der Waals surface area (Å²) >= 11 is 0. The molecule has 1 fully saturated rings. The van der Waals surface area contributed by atoms with Gasteiger partial charge in [0.15, 0.2) is 5.96 Å². The van der Waals surface area contributed by atoms with Crippen LogP contribution in [0.4, 0.5) is 0 Å². The first-order valence-electron chi connectivity index (χ1n) is 5.34. The van der Waals surface area contributed by atoms with E-state index < -0.39 is 0 Å². The van der Waals surface area contributed by atoms with E-state index in [0.717, 1.165) is 25.0 Å². The van der Waals surface area contributed by atoms with Crippen LogP contribution in [-0.2, 0) is 0 Å². The molecule has 14 heavy (non-hydrogen) atoms. The number of guanidine groups is 1. The molecule has 4 heteroatoms. The van der Waals surface area contributed by atoms with Crippen LogP contribution in [0.5, 0.6) is 0 Å². The van der Waals surface area contributed by atoms with Gasteiger partial charge in [0.25, 0.3) is 0 Å². The second-order valence-electron chi connectivity index (χ2n) is 4.35. The van der Waals surface area contributed by atoms with Crippen LogP contribution in [0, 0.1) is 5.92 Å². The summed E-state index contributed by atoms with van der Waals surface area (Å²) in [6.07, 6.45) is 5.32. The molecule has 2 N–H and O–H groups in total. The van der Waals surface area contributed by atoms with Gasteiger partial charge in [-0.15, -0.1) is 12.4 Å². The Bertz CT molecular complexity index is 209. The predicted octanol–water partition coefficient (Wildman–Crippen LogP) is 1.62. The second-order valence-corrected chi connectivity index (χ2v) is 4.35. The molecule has 0 amide bonds. The van der Waals surface area contributed by atoms with Gasteiger partial charge in [0.05, 0.1) is 6.54 Å². The zero-order valence-corrected chi connectivity index (χ0v) is 9.59. The molecule has 1 aliphatic carbocycles. The van der Waals surface area contributed by atoms with E-state index in [9.17, 15) is 0 Å². The Kier molecular flexibility index (Phi) is 4.05. The van der Waals surface area contributed by atoms with Crippen LogP contribution in [0.1, 0.15) is 32.6 Å². The molecule has 0 saturated heterocycles. The molecule has 0 aromatic heterocycles. The summed E-state index contributed by atoms with van der Waals surface area (Å²) in [4.78, 5) is 6.53. The van der Waals surface area contributed by atoms with Crippen LogP contribution in [-0.4, -0.2) is 30.0 Å². The van der Waals surface area contributed by atoms with Crippen LogP contribution in [0.3, 0.4) is 0 Å². The molecule has 0 atom stereocenters. The minimum absolute atomic E-state index is 0. The molecule has 2 rings (SSSR count). The zero-order valence-electron chi connectivity index (χ0n) is 8.78. The van der Waals surface area contributed by atoms with Gasteiger partial charge >= 0.3 is 0 Å². The quantitative estimate of drug-likeness (QED) is 0.725. The van der Waals surface area contributed by atoms with Crippen LogP contribution < -0.4 is 5.73 Å². The van der Waals surface area contributed by atoms with Gasteiger partial charge in [-0.05, 0) is 31.6 Å². The topological polar surface area (TPSA) is 41.6 Å². The first-order chi connectivity index (χ1) is 6.27. The van der Waals surface area contributed by atoms with E-state index in [4.69, 9.17) is 5.73 Å². The van der Waals surface area contributed by atoms with E-state index in [1.165, 1.54) is 25.7 Å². The van der Waals surface area contributed by atoms with E-state index in [1.54, 1.807) is 0 Å². The first kappa shape index (κ1) is 11.6. The minimum Gasteiger partial charge on any atom is -0.370 e. The van der Waals surface area contributed by atoms with Crippen molar-refractivity contribution in [3.8, 4) is 0 Å². The van der Waals surface area contributed by atoms with Gasteiger partial charge in [0.1, 0.15) is 0 Å². The number of hydrogen-bond donors (Lipinski definition) is 1. The van der Waals surface area contributed by atoms with Crippen molar-refractivity contribution in [2.24, 2.45) is 16.6 Å². The minimum atomic E-state index is 0. The Morgan fingerprint density at radius 1 is 1.29 bits per heavy atom. The van der Waals surface area contributed by atoms with Crippen molar-refractivity contribution in [3.05, 3.63) is 0 Å². The molecule has 82 valence electrons. The van der Waals surface area contributed by atoms with E-state index >= 15 is 0 Å². The van der Waals surface area contributed by atoms with E-state index in [2.05, 4.69) is 16.8 Å². The number of halogens is 1. The number of hydrogen-bond acceptors (Lipinski definition) is 3. The first-order valence-corrected chi connectivity index (χ1v) is 5.34. The summed E-state index contributed by atoms with van der Waals surface area (Å²) in [5.41, 5.74) is 5.82. The van der Waals surface area contributed by atoms with Gasteiger partial charge in [-0.1, -0.05) is 6.92 Å². The lowest BCUT2D eigenvalue weighted by Gasteiger charge is -2.34. The van der Waals surface area contributed by atoms with Crippen LogP contribution in [0.15, 0.2) is 4.99 Å². The molecular weight excluding hydrogens is 198 g/mol. The maximum Gasteiger partial charge on any atom is 0.191 e. The Hall–Kier alpha value is -0.440. The number of nitrogens with two attached hydrogens (primary N) is 1. The van der Waals surface area contributed by atoms with E-state index in [-0.39, 0.29) is 12.4 Å². The largest absolute Gasteiger partial charge is 0.370 e. The van der Waals surface area contributed by atoms with Crippen LogP contribution in [0.2, 0.25) is 0 Å². The third-order valence-electron chi connectivity index (χ3n) is 3.34. The molecule has 1 heterocycles. The second kappa shape index (κ2) is 4.87. The van der Waals surface area contributed by atoms with Crippen molar-refractivity contribution in [1.29, 1.82) is 0 Å². The summed E-state index contributed by atoms with van der Waals surface area (Å²) < 4.78 is 0. The average Bonchev–Trinajstić information content (AvgIpc) is 2.53. The van der Waals surface area contributed by atoms with Gasteiger partial charge in [-0.2, -0.15) is 0 Å². The highest BCUT2D eigenvalue weighted by atomic mass is 35.5. The molecule has 3 nitrogen and oxygen atoms in total. The van der Waals surface area contributed by atoms with Crippen LogP contribution >= 0.6 is 12.4 Å². The summed E-state index contributed by atoms with van der Waals surface area (Å²) in [6.45, 7) is 4.29. The molecule has 0 aromatic carbocycles. The summed E-state index contributed by atoms with van der Waals surface area (Å²) in [5.74, 6) is 1.69. The molecule has 0 aromatic rings. The maximum atomic E-state index is 5.82. The summed E-state index contributed by atoms with van der Waals surface area (Å²) in [5, 5.41) is 0. The predicted molar refractivity (Wildman–Crippen MR) is 61.9 cm³/mol. The van der Waals surface area contributed by atoms with Gasteiger partial charge in [-0.3, -0.25) is 4.99 Å². The van der Waals surface area contributed by atoms with Crippen molar-refractivity contribution >= 4 is 18.4 Å². The SMILES string of the molecule is CC1CCC(N2CCN=C2N)CC1.Cl. The third-order valence-corrected chi connectivity index (χ3v) is 3.34. The Morgan fingerprint density at radius 2 is 1.93 bits per heavy atom. The fourth-order valence-corrected chi connectivity index (χ4v) is 2.40. The highest BCUT2D eigenvalue weighted by Crippen LogP contribution is 2.27. The Morgan fingerprint density at radius 3 is 2.43 bits per heavy atom. The highest BCUT2D eigenvalue weighted by molar-refractivity contribution is 5.85. The third kappa shape index (κ3) is 2.32. The van der Waals surface area contributed by atoms with Gasteiger partial charge in [0, 0.05) is 12.6 Å². The van der Waals surface area contributed by atoms with Crippen molar-refractivity contribution in [2.45, 2.75) is 38.6 Å². The smallest absolute Gasteiger partial charge is 0.191 e. The molecular formula is C10H20ClN3. The number of nitrogens with zero attached hydrogens (tertiary/aromatic N) is 2. The molecule has 0 unspecified atom stereocenters. The molecule has 0 spiro atoms. The van der Waals surface area contributed by atoms with Crippen molar-refractivity contribution in [3.63, 3.8) is 0 Å². The molecule has 0 radical (unpaired) electrons. The number of aliphatic imine (C=N–C) groups is 1. The Balaban J connectivity index is 0.000000980. The number of rotatable bonds is 1. The lowest BCUT2D eigenvalue weighted by atomic mass is 9.87. The van der Waals surface area contributed by atoms with Crippen LogP contribution in [0.25, 0.3) is 0 Å². The highest BCUT2D eigenvalue weighted by Gasteiger charge is 2.26. The van der Waals surface area contributed by atoms with Gasteiger partial charge in [-0.25, -0.2) is 0 Å². The fourth-order valence-electron chi connectivity index (χ4n) is 2.40. The van der Waals surface area contributed by atoms with Gasteiger partial charge < -0.3 is 10.6 Å². The Labute approximate surface area is 92.2 Å². The van der Waals surface area contributed by atoms with E-state index in [0.29, 0.717) is 6.04 Å². The van der Waals surface area contributed by atoms with E-state index in [1.807, 2.05) is 0 Å². The zero-order chi connectivity index (χ0) is 9.26. The molecule has 2 aliphatic rings. The van der Waals surface area contributed by atoms with Crippen molar-refractivity contribution in [2.75, 3.05) is 13.1 Å². The lowest BCUT2D eigenvalue weighted by Crippen LogP contribution is -2.43. The molecule has 1 aliphatic heterocycles. The van der Waals surface area contributed by atoms with Crippen molar-refractivity contribution < 1.29 is 0 Å². The molecule has 1 saturated carbocycles. The average molecular weight is 218 g/mol. The summed E-state index contributed by atoms with van der Waals surface area (Å²) in [7, 11) is 0. The standard InChI is InChI=1S/C10H19N3.ClH/c1-8-2-4-9(5-3-8)13-7-6-12-10(13)11;/h8-9H,2-7H2,1H3,(H2,11,12);1H. The lowest BCUT2D eigenvalue weighted by molar-refractivity contribution is 0.224. The summed E-state index contributed by atoms with van der Waals surface area (Å²) in [6, 6.07) is 0.683. The van der Waals surface area contributed by atoms with Crippen molar-refractivity contribution in [1.82, 2.24) is 4.90 Å².